The van der Waals surface area contributed by atoms with Crippen LogP contribution in [-0.2, 0) is 0 Å². The number of para-hydroxylation sites is 1. The maximum absolute atomic E-state index is 11.7. The Hall–Kier alpha value is -2.69. The van der Waals surface area contributed by atoms with Crippen molar-refractivity contribution in [1.29, 1.82) is 0 Å². The zero-order valence-corrected chi connectivity index (χ0v) is 10.4. The molecule has 0 spiro atoms. The quantitative estimate of drug-likeness (QED) is 0.670. The number of aromatic nitrogens is 1. The molecule has 0 saturated heterocycles. The highest BCUT2D eigenvalue weighted by molar-refractivity contribution is 5.94. The number of nitrogens with zero attached hydrogens (tertiary/aromatic N) is 2. The maximum atomic E-state index is 11.7. The highest BCUT2D eigenvalue weighted by atomic mass is 16.5. The summed E-state index contributed by atoms with van der Waals surface area (Å²) in [6.45, 7) is 0. The minimum Gasteiger partial charge on any atom is -0.496 e. The van der Waals surface area contributed by atoms with E-state index in [1.54, 1.807) is 25.4 Å². The molecule has 1 aromatic heterocycles. The van der Waals surface area contributed by atoms with E-state index in [0.29, 0.717) is 11.3 Å². The molecule has 0 saturated carbocycles. The first kappa shape index (κ1) is 12.8. The van der Waals surface area contributed by atoms with E-state index in [1.807, 2.05) is 24.3 Å². The summed E-state index contributed by atoms with van der Waals surface area (Å²) in [5.41, 5.74) is 3.68. The second-order valence-corrected chi connectivity index (χ2v) is 3.68. The second kappa shape index (κ2) is 6.30. The highest BCUT2D eigenvalue weighted by Crippen LogP contribution is 2.14. The van der Waals surface area contributed by atoms with Gasteiger partial charge < -0.3 is 4.74 Å². The number of pyridine rings is 1. The number of hydrazone groups is 1. The van der Waals surface area contributed by atoms with Crippen LogP contribution < -0.4 is 10.2 Å². The van der Waals surface area contributed by atoms with Crippen molar-refractivity contribution in [3.63, 3.8) is 0 Å². The highest BCUT2D eigenvalue weighted by Gasteiger charge is 2.03. The van der Waals surface area contributed by atoms with E-state index in [9.17, 15) is 4.79 Å². The largest absolute Gasteiger partial charge is 0.496 e. The summed E-state index contributed by atoms with van der Waals surface area (Å²) < 4.78 is 5.17. The van der Waals surface area contributed by atoms with Gasteiger partial charge >= 0.3 is 0 Å². The summed E-state index contributed by atoms with van der Waals surface area (Å²) in [5.74, 6) is 0.390. The van der Waals surface area contributed by atoms with Crippen molar-refractivity contribution in [1.82, 2.24) is 10.4 Å². The van der Waals surface area contributed by atoms with Crippen molar-refractivity contribution < 1.29 is 9.53 Å². The third kappa shape index (κ3) is 3.38. The standard InChI is InChI=1S/C14H13N3O2/c1-19-13-7-3-2-5-11(13)10-16-17-14(18)12-6-4-8-15-9-12/h2-10H,1H3,(H,17,18). The van der Waals surface area contributed by atoms with Gasteiger partial charge in [-0.2, -0.15) is 5.10 Å². The first-order valence-electron chi connectivity index (χ1n) is 5.67. The van der Waals surface area contributed by atoms with Gasteiger partial charge in [-0.3, -0.25) is 9.78 Å². The number of rotatable bonds is 4. The van der Waals surface area contributed by atoms with E-state index >= 15 is 0 Å². The lowest BCUT2D eigenvalue weighted by molar-refractivity contribution is 0.0955. The number of carbonyl (C=O) groups is 1. The predicted octanol–water partition coefficient (Wildman–Crippen LogP) is 1.85. The maximum Gasteiger partial charge on any atom is 0.272 e. The van der Waals surface area contributed by atoms with Crippen molar-refractivity contribution in [2.45, 2.75) is 0 Å². The van der Waals surface area contributed by atoms with Gasteiger partial charge in [-0.15, -0.1) is 0 Å². The zero-order valence-electron chi connectivity index (χ0n) is 10.4. The summed E-state index contributed by atoms with van der Waals surface area (Å²) >= 11 is 0. The molecule has 0 fully saturated rings. The third-order valence-corrected chi connectivity index (χ3v) is 2.43. The lowest BCUT2D eigenvalue weighted by Gasteiger charge is -2.03. The van der Waals surface area contributed by atoms with E-state index in [2.05, 4.69) is 15.5 Å². The van der Waals surface area contributed by atoms with E-state index in [0.717, 1.165) is 5.56 Å². The average molecular weight is 255 g/mol. The molecule has 0 aliphatic rings. The number of ether oxygens (including phenoxy) is 1. The van der Waals surface area contributed by atoms with Gasteiger partial charge in [-0.05, 0) is 24.3 Å². The molecule has 5 heteroatoms. The van der Waals surface area contributed by atoms with Crippen LogP contribution in [0.15, 0.2) is 53.9 Å². The molecule has 0 bridgehead atoms. The number of amides is 1. The molecular weight excluding hydrogens is 242 g/mol. The Bertz CT molecular complexity index is 582. The monoisotopic (exact) mass is 255 g/mol. The summed E-state index contributed by atoms with van der Waals surface area (Å²) in [6, 6.07) is 10.8. The Kier molecular flexibility index (Phi) is 4.23. The molecular formula is C14H13N3O2. The van der Waals surface area contributed by atoms with Crippen LogP contribution in [0.5, 0.6) is 5.75 Å². The number of carbonyl (C=O) groups excluding carboxylic acids is 1. The van der Waals surface area contributed by atoms with Gasteiger partial charge in [0.15, 0.2) is 0 Å². The Morgan fingerprint density at radius 1 is 1.32 bits per heavy atom. The van der Waals surface area contributed by atoms with E-state index < -0.39 is 0 Å². The van der Waals surface area contributed by atoms with Gasteiger partial charge in [-0.1, -0.05) is 12.1 Å². The van der Waals surface area contributed by atoms with Crippen molar-refractivity contribution in [3.8, 4) is 5.75 Å². The van der Waals surface area contributed by atoms with Crippen LogP contribution in [0.25, 0.3) is 0 Å². The molecule has 1 amide bonds. The molecule has 2 rings (SSSR count). The van der Waals surface area contributed by atoms with Gasteiger partial charge in [0.1, 0.15) is 5.75 Å². The van der Waals surface area contributed by atoms with Crippen LogP contribution >= 0.6 is 0 Å². The number of methoxy groups -OCH3 is 1. The van der Waals surface area contributed by atoms with Gasteiger partial charge in [0.05, 0.1) is 18.9 Å². The predicted molar refractivity (Wildman–Crippen MR) is 72.3 cm³/mol. The zero-order chi connectivity index (χ0) is 13.5. The van der Waals surface area contributed by atoms with Crippen LogP contribution in [0.1, 0.15) is 15.9 Å². The molecule has 0 atom stereocenters. The van der Waals surface area contributed by atoms with Crippen LogP contribution in [0, 0.1) is 0 Å². The Morgan fingerprint density at radius 3 is 2.89 bits per heavy atom. The average Bonchev–Trinajstić information content (AvgIpc) is 2.48. The minimum atomic E-state index is -0.306. The van der Waals surface area contributed by atoms with E-state index in [4.69, 9.17) is 4.74 Å². The van der Waals surface area contributed by atoms with Crippen molar-refractivity contribution >= 4 is 12.1 Å². The number of hydrogen-bond acceptors (Lipinski definition) is 4. The molecule has 2 aromatic rings. The molecule has 1 N–H and O–H groups in total. The normalized spacial score (nSPS) is 10.4. The fourth-order valence-corrected chi connectivity index (χ4v) is 1.50. The van der Waals surface area contributed by atoms with Crippen LogP contribution in [0.4, 0.5) is 0 Å². The van der Waals surface area contributed by atoms with Crippen LogP contribution in [0.2, 0.25) is 0 Å². The lowest BCUT2D eigenvalue weighted by Crippen LogP contribution is -2.17. The van der Waals surface area contributed by atoms with Crippen LogP contribution in [0.3, 0.4) is 0 Å². The van der Waals surface area contributed by atoms with Crippen molar-refractivity contribution in [2.24, 2.45) is 5.10 Å². The first-order valence-corrected chi connectivity index (χ1v) is 5.67. The Morgan fingerprint density at radius 2 is 2.16 bits per heavy atom. The molecule has 0 aliphatic heterocycles. The summed E-state index contributed by atoms with van der Waals surface area (Å²) in [7, 11) is 1.58. The van der Waals surface area contributed by atoms with Gasteiger partial charge in [0.2, 0.25) is 0 Å². The number of hydrogen-bond donors (Lipinski definition) is 1. The smallest absolute Gasteiger partial charge is 0.272 e. The van der Waals surface area contributed by atoms with E-state index in [-0.39, 0.29) is 5.91 Å². The topological polar surface area (TPSA) is 63.6 Å². The van der Waals surface area contributed by atoms with Gasteiger partial charge in [-0.25, -0.2) is 5.43 Å². The molecule has 0 radical (unpaired) electrons. The van der Waals surface area contributed by atoms with Gasteiger partial charge in [0.25, 0.3) is 5.91 Å². The number of nitrogens with one attached hydrogen (secondary N) is 1. The van der Waals surface area contributed by atoms with Gasteiger partial charge in [0, 0.05) is 18.0 Å². The third-order valence-electron chi connectivity index (χ3n) is 2.43. The van der Waals surface area contributed by atoms with E-state index in [1.165, 1.54) is 12.4 Å². The fraction of sp³-hybridized carbons (Fsp3) is 0.0714. The molecule has 0 unspecified atom stereocenters. The Labute approximate surface area is 110 Å². The second-order valence-electron chi connectivity index (χ2n) is 3.68. The molecule has 1 heterocycles. The number of benzene rings is 1. The molecule has 19 heavy (non-hydrogen) atoms. The summed E-state index contributed by atoms with van der Waals surface area (Å²) in [6.07, 6.45) is 4.62. The lowest BCUT2D eigenvalue weighted by atomic mass is 10.2. The fourth-order valence-electron chi connectivity index (χ4n) is 1.50. The SMILES string of the molecule is COc1ccccc1C=NNC(=O)c1cccnc1. The van der Waals surface area contributed by atoms with Crippen molar-refractivity contribution in [3.05, 3.63) is 59.9 Å². The van der Waals surface area contributed by atoms with Crippen LogP contribution in [-0.4, -0.2) is 24.2 Å². The Balaban J connectivity index is 2.02. The first-order chi connectivity index (χ1) is 9.31. The molecule has 96 valence electrons. The van der Waals surface area contributed by atoms with Crippen molar-refractivity contribution in [2.75, 3.05) is 7.11 Å². The molecule has 0 aliphatic carbocycles. The summed E-state index contributed by atoms with van der Waals surface area (Å²) in [5, 5.41) is 3.89. The minimum absolute atomic E-state index is 0.306. The summed E-state index contributed by atoms with van der Waals surface area (Å²) in [4.78, 5) is 15.6. The molecule has 5 nitrogen and oxygen atoms in total. The molecule has 1 aromatic carbocycles.